The van der Waals surface area contributed by atoms with E-state index in [0.29, 0.717) is 18.2 Å². The maximum Gasteiger partial charge on any atom is 0.501 e. The van der Waals surface area contributed by atoms with Gasteiger partial charge in [0.25, 0.3) is 9.84 Å². The van der Waals surface area contributed by atoms with Gasteiger partial charge in [-0.2, -0.15) is 13.2 Å². The van der Waals surface area contributed by atoms with Gasteiger partial charge in [-0.1, -0.05) is 6.92 Å². The molecule has 8 heteroatoms. The van der Waals surface area contributed by atoms with Gasteiger partial charge in [-0.25, -0.2) is 8.42 Å². The van der Waals surface area contributed by atoms with Gasteiger partial charge in [0, 0.05) is 19.3 Å². The predicted molar refractivity (Wildman–Crippen MR) is 76.0 cm³/mol. The average molecular weight is 324 g/mol. The maximum atomic E-state index is 12.4. The maximum absolute atomic E-state index is 12.4. The fourth-order valence-corrected chi connectivity index (χ4v) is 2.76. The van der Waals surface area contributed by atoms with Crippen molar-refractivity contribution in [1.29, 1.82) is 0 Å². The van der Waals surface area contributed by atoms with Gasteiger partial charge in [-0.15, -0.1) is 0 Å². The van der Waals surface area contributed by atoms with Gasteiger partial charge in [0.05, 0.1) is 4.90 Å². The van der Waals surface area contributed by atoms with Crippen molar-refractivity contribution < 1.29 is 21.6 Å². The van der Waals surface area contributed by atoms with Crippen LogP contribution in [-0.2, 0) is 9.84 Å². The van der Waals surface area contributed by atoms with Crippen LogP contribution in [0.3, 0.4) is 0 Å². The van der Waals surface area contributed by atoms with E-state index >= 15 is 0 Å². The molecule has 1 unspecified atom stereocenters. The van der Waals surface area contributed by atoms with Gasteiger partial charge in [0.1, 0.15) is 0 Å². The molecular weight excluding hydrogens is 305 g/mol. The third kappa shape index (κ3) is 4.34. The van der Waals surface area contributed by atoms with E-state index < -0.39 is 20.2 Å². The topological polar surface area (TPSA) is 49.4 Å². The second kappa shape index (κ2) is 6.65. The highest BCUT2D eigenvalue weighted by molar-refractivity contribution is 7.92. The van der Waals surface area contributed by atoms with E-state index in [1.807, 2.05) is 18.9 Å². The third-order valence-electron chi connectivity index (χ3n) is 3.03. The van der Waals surface area contributed by atoms with Crippen LogP contribution in [0, 0.1) is 5.92 Å². The number of sulfone groups is 1. The highest BCUT2D eigenvalue weighted by Crippen LogP contribution is 2.31. The Morgan fingerprint density at radius 3 is 2.19 bits per heavy atom. The molecule has 120 valence electrons. The monoisotopic (exact) mass is 324 g/mol. The van der Waals surface area contributed by atoms with Crippen LogP contribution in [0.2, 0.25) is 0 Å². The number of rotatable bonds is 6. The Bertz CT molecular complexity index is 556. The van der Waals surface area contributed by atoms with Gasteiger partial charge in [0.15, 0.2) is 0 Å². The smallest absolute Gasteiger partial charge is 0.374 e. The fraction of sp³-hybridized carbons (Fsp3) is 0.538. The molecule has 0 amide bonds. The Morgan fingerprint density at radius 2 is 1.76 bits per heavy atom. The predicted octanol–water partition coefficient (Wildman–Crippen LogP) is 2.27. The van der Waals surface area contributed by atoms with Crippen LogP contribution in [0.4, 0.5) is 18.9 Å². The zero-order valence-electron chi connectivity index (χ0n) is 12.1. The standard InChI is InChI=1S/C13H19F3N2O2S/c1-10(8-17-2)9-18(3)11-4-6-12(7-5-11)21(19,20)13(14,15)16/h4-7,10,17H,8-9H2,1-3H3. The molecule has 0 aliphatic carbocycles. The Kier molecular flexibility index (Phi) is 5.63. The van der Waals surface area contributed by atoms with E-state index in [-0.39, 0.29) is 0 Å². The zero-order valence-corrected chi connectivity index (χ0v) is 12.9. The number of hydrogen-bond donors (Lipinski definition) is 1. The SMILES string of the molecule is CNCC(C)CN(C)c1ccc(S(=O)(=O)C(F)(F)F)cc1. The minimum absolute atomic E-state index is 0.346. The first-order chi connectivity index (χ1) is 9.59. The molecule has 0 bridgehead atoms. The molecule has 0 saturated carbocycles. The highest BCUT2D eigenvalue weighted by atomic mass is 32.2. The minimum Gasteiger partial charge on any atom is -0.374 e. The molecule has 4 nitrogen and oxygen atoms in total. The van der Waals surface area contributed by atoms with E-state index in [1.165, 1.54) is 12.1 Å². The van der Waals surface area contributed by atoms with Crippen LogP contribution >= 0.6 is 0 Å². The van der Waals surface area contributed by atoms with Crippen molar-refractivity contribution in [2.45, 2.75) is 17.3 Å². The molecule has 1 rings (SSSR count). The van der Waals surface area contributed by atoms with Crippen LogP contribution in [0.5, 0.6) is 0 Å². The third-order valence-corrected chi connectivity index (χ3v) is 4.53. The lowest BCUT2D eigenvalue weighted by Gasteiger charge is -2.23. The van der Waals surface area contributed by atoms with E-state index in [4.69, 9.17) is 0 Å². The van der Waals surface area contributed by atoms with E-state index in [1.54, 1.807) is 7.05 Å². The number of alkyl halides is 3. The summed E-state index contributed by atoms with van der Waals surface area (Å²) in [4.78, 5) is 1.13. The summed E-state index contributed by atoms with van der Waals surface area (Å²) < 4.78 is 59.8. The number of anilines is 1. The molecule has 0 radical (unpaired) electrons. The van der Waals surface area contributed by atoms with Gasteiger partial charge in [-0.3, -0.25) is 0 Å². The molecule has 0 aliphatic rings. The molecule has 0 heterocycles. The van der Waals surface area contributed by atoms with E-state index in [2.05, 4.69) is 5.32 Å². The van der Waals surface area contributed by atoms with Crippen LogP contribution in [0.25, 0.3) is 0 Å². The first kappa shape index (κ1) is 17.8. The van der Waals surface area contributed by atoms with Crippen molar-refractivity contribution in [2.24, 2.45) is 5.92 Å². The molecule has 0 aromatic heterocycles. The number of benzene rings is 1. The molecule has 1 aromatic carbocycles. The van der Waals surface area contributed by atoms with Crippen molar-refractivity contribution in [1.82, 2.24) is 5.32 Å². The number of nitrogens with one attached hydrogen (secondary N) is 1. The fourth-order valence-electron chi connectivity index (χ4n) is 2.00. The van der Waals surface area contributed by atoms with Crippen LogP contribution in [0.15, 0.2) is 29.2 Å². The minimum atomic E-state index is -5.28. The Hall–Kier alpha value is -1.28. The van der Waals surface area contributed by atoms with E-state index in [9.17, 15) is 21.6 Å². The summed E-state index contributed by atoms with van der Waals surface area (Å²) in [6.45, 7) is 3.55. The largest absolute Gasteiger partial charge is 0.501 e. The van der Waals surface area contributed by atoms with Gasteiger partial charge >= 0.3 is 5.51 Å². The molecule has 1 aromatic rings. The molecule has 0 aliphatic heterocycles. The Balaban J connectivity index is 2.88. The average Bonchev–Trinajstić information content (AvgIpc) is 2.37. The summed E-state index contributed by atoms with van der Waals surface area (Å²) in [7, 11) is -1.63. The van der Waals surface area contributed by atoms with Crippen LogP contribution in [-0.4, -0.2) is 41.1 Å². The molecule has 21 heavy (non-hydrogen) atoms. The number of halogens is 3. The van der Waals surface area contributed by atoms with E-state index in [0.717, 1.165) is 18.7 Å². The second-order valence-corrected chi connectivity index (χ2v) is 6.93. The highest BCUT2D eigenvalue weighted by Gasteiger charge is 2.46. The Morgan fingerprint density at radius 1 is 1.24 bits per heavy atom. The van der Waals surface area contributed by atoms with Gasteiger partial charge < -0.3 is 10.2 Å². The molecule has 1 N–H and O–H groups in total. The van der Waals surface area contributed by atoms with Crippen molar-refractivity contribution >= 4 is 15.5 Å². The normalized spacial score (nSPS) is 14.0. The summed E-state index contributed by atoms with van der Waals surface area (Å²) in [5.74, 6) is 0.346. The summed E-state index contributed by atoms with van der Waals surface area (Å²) in [5, 5.41) is 3.04. The van der Waals surface area contributed by atoms with Crippen LogP contribution < -0.4 is 10.2 Å². The quantitative estimate of drug-likeness (QED) is 0.872. The summed E-state index contributed by atoms with van der Waals surface area (Å²) in [5.41, 5.74) is -4.61. The summed E-state index contributed by atoms with van der Waals surface area (Å²) >= 11 is 0. The van der Waals surface area contributed by atoms with Gasteiger partial charge in [-0.05, 0) is 43.8 Å². The zero-order chi connectivity index (χ0) is 16.3. The lowest BCUT2D eigenvalue weighted by molar-refractivity contribution is -0.0436. The van der Waals surface area contributed by atoms with Gasteiger partial charge in [0.2, 0.25) is 0 Å². The molecule has 0 saturated heterocycles. The first-order valence-electron chi connectivity index (χ1n) is 6.36. The molecule has 0 spiro atoms. The summed E-state index contributed by atoms with van der Waals surface area (Å²) in [6, 6.07) is 4.73. The van der Waals surface area contributed by atoms with Crippen molar-refractivity contribution in [3.8, 4) is 0 Å². The molecule has 0 fully saturated rings. The van der Waals surface area contributed by atoms with Crippen molar-refractivity contribution in [3.63, 3.8) is 0 Å². The number of nitrogens with zero attached hydrogens (tertiary/aromatic N) is 1. The second-order valence-electron chi connectivity index (χ2n) is 4.99. The molecular formula is C13H19F3N2O2S. The van der Waals surface area contributed by atoms with Crippen molar-refractivity contribution in [3.05, 3.63) is 24.3 Å². The lowest BCUT2D eigenvalue weighted by atomic mass is 10.1. The Labute approximate surface area is 122 Å². The number of hydrogen-bond acceptors (Lipinski definition) is 4. The lowest BCUT2D eigenvalue weighted by Crippen LogP contribution is -2.29. The van der Waals surface area contributed by atoms with Crippen LogP contribution in [0.1, 0.15) is 6.92 Å². The summed E-state index contributed by atoms with van der Waals surface area (Å²) in [6.07, 6.45) is 0. The first-order valence-corrected chi connectivity index (χ1v) is 7.85. The molecule has 1 atom stereocenters. The van der Waals surface area contributed by atoms with Crippen molar-refractivity contribution in [2.75, 3.05) is 32.1 Å².